The molecule has 8 heteroatoms. The molecule has 144 valence electrons. The first-order valence-electron chi connectivity index (χ1n) is 9.17. The van der Waals surface area contributed by atoms with E-state index in [1.165, 1.54) is 10.9 Å². The van der Waals surface area contributed by atoms with Crippen LogP contribution >= 0.6 is 0 Å². The third kappa shape index (κ3) is 4.51. The number of hydrogen-bond acceptors (Lipinski definition) is 5. The highest BCUT2D eigenvalue weighted by Gasteiger charge is 2.34. The van der Waals surface area contributed by atoms with Crippen LogP contribution in [0.25, 0.3) is 10.9 Å². The van der Waals surface area contributed by atoms with Crippen LogP contribution in [0.2, 0.25) is 0 Å². The highest BCUT2D eigenvalue weighted by atomic mass is 16.4. The molecule has 0 radical (unpaired) electrons. The van der Waals surface area contributed by atoms with Crippen LogP contribution in [0.3, 0.4) is 0 Å². The molecule has 0 spiro atoms. The van der Waals surface area contributed by atoms with Gasteiger partial charge >= 0.3 is 5.97 Å². The minimum absolute atomic E-state index is 0.0275. The number of rotatable bonds is 8. The summed E-state index contributed by atoms with van der Waals surface area (Å²) in [4.78, 5) is 41.6. The zero-order chi connectivity index (χ0) is 19.4. The van der Waals surface area contributed by atoms with Crippen LogP contribution in [-0.4, -0.2) is 56.6 Å². The molecule has 1 fully saturated rings. The fourth-order valence-electron chi connectivity index (χ4n) is 3.46. The van der Waals surface area contributed by atoms with Crippen LogP contribution < -0.4 is 10.9 Å². The molecule has 0 bridgehead atoms. The van der Waals surface area contributed by atoms with Gasteiger partial charge in [-0.2, -0.15) is 0 Å². The second-order valence-corrected chi connectivity index (χ2v) is 6.86. The van der Waals surface area contributed by atoms with Gasteiger partial charge in [-0.05, 0) is 31.5 Å². The topological polar surface area (TPSA) is 105 Å². The molecule has 1 heterocycles. The molecule has 2 N–H and O–H groups in total. The normalized spacial score (nSPS) is 19.0. The number of aliphatic carboxylic acids is 1. The predicted octanol–water partition coefficient (Wildman–Crippen LogP) is 0.840. The first-order chi connectivity index (χ1) is 13.0. The Hall–Kier alpha value is -2.74. The Morgan fingerprint density at radius 3 is 2.78 bits per heavy atom. The van der Waals surface area contributed by atoms with Crippen LogP contribution in [0.1, 0.15) is 26.2 Å². The number of carbonyl (C=O) groups excluding carboxylic acids is 1. The van der Waals surface area contributed by atoms with Gasteiger partial charge in [0.25, 0.3) is 5.56 Å². The molecule has 0 atom stereocenters. The maximum atomic E-state index is 12.4. The molecule has 2 aromatic rings. The van der Waals surface area contributed by atoms with Crippen LogP contribution in [-0.2, 0) is 16.1 Å². The smallest absolute Gasteiger partial charge is 0.317 e. The van der Waals surface area contributed by atoms with Gasteiger partial charge in [0.05, 0.1) is 23.8 Å². The fraction of sp³-hybridized carbons (Fsp3) is 0.474. The van der Waals surface area contributed by atoms with Crippen molar-refractivity contribution in [2.45, 2.75) is 44.8 Å². The van der Waals surface area contributed by atoms with Gasteiger partial charge in [-0.3, -0.25) is 23.9 Å². The van der Waals surface area contributed by atoms with Crippen molar-refractivity contribution in [2.75, 3.05) is 13.1 Å². The molecule has 1 aliphatic rings. The maximum absolute atomic E-state index is 12.4. The average Bonchev–Trinajstić information content (AvgIpc) is 2.62. The molecular formula is C19H24N4O4. The number of carboxylic acids is 1. The Labute approximate surface area is 156 Å². The first-order valence-corrected chi connectivity index (χ1v) is 9.17. The summed E-state index contributed by atoms with van der Waals surface area (Å²) in [6.07, 6.45) is 3.19. The van der Waals surface area contributed by atoms with Gasteiger partial charge in [0.1, 0.15) is 0 Å². The summed E-state index contributed by atoms with van der Waals surface area (Å²) in [5.41, 5.74) is 0.495. The summed E-state index contributed by atoms with van der Waals surface area (Å²) < 4.78 is 1.46. The third-order valence-electron chi connectivity index (χ3n) is 5.05. The number of aromatic nitrogens is 2. The summed E-state index contributed by atoms with van der Waals surface area (Å²) in [5, 5.41) is 12.4. The number of aryl methyl sites for hydroxylation is 1. The van der Waals surface area contributed by atoms with E-state index in [-0.39, 0.29) is 43.1 Å². The first kappa shape index (κ1) is 19.0. The Morgan fingerprint density at radius 1 is 1.33 bits per heavy atom. The number of carboxylic acid groups (broad SMARTS) is 1. The molecule has 3 rings (SSSR count). The number of likely N-dealkylation sites (N-methyl/N-ethyl adjacent to an activating group) is 1. The van der Waals surface area contributed by atoms with Gasteiger partial charge in [0.2, 0.25) is 5.91 Å². The monoisotopic (exact) mass is 372 g/mol. The average molecular weight is 372 g/mol. The minimum Gasteiger partial charge on any atom is -0.480 e. The molecule has 1 aromatic carbocycles. The number of para-hydroxylation sites is 1. The zero-order valence-electron chi connectivity index (χ0n) is 15.3. The number of nitrogens with one attached hydrogen (secondary N) is 1. The maximum Gasteiger partial charge on any atom is 0.317 e. The third-order valence-corrected chi connectivity index (χ3v) is 5.05. The number of fused-ring (bicyclic) bond motifs is 1. The van der Waals surface area contributed by atoms with Gasteiger partial charge in [-0.25, -0.2) is 4.98 Å². The molecule has 0 saturated heterocycles. The van der Waals surface area contributed by atoms with Crippen molar-refractivity contribution in [1.29, 1.82) is 0 Å². The van der Waals surface area contributed by atoms with E-state index in [0.29, 0.717) is 17.4 Å². The highest BCUT2D eigenvalue weighted by Crippen LogP contribution is 2.25. The minimum atomic E-state index is -0.834. The van der Waals surface area contributed by atoms with Gasteiger partial charge in [0, 0.05) is 25.0 Å². The number of hydrogen-bond donors (Lipinski definition) is 2. The predicted molar refractivity (Wildman–Crippen MR) is 100 cm³/mol. The van der Waals surface area contributed by atoms with Crippen LogP contribution in [0, 0.1) is 0 Å². The van der Waals surface area contributed by atoms with Gasteiger partial charge in [-0.15, -0.1) is 0 Å². The molecule has 27 heavy (non-hydrogen) atoms. The Morgan fingerprint density at radius 2 is 2.07 bits per heavy atom. The van der Waals surface area contributed by atoms with Crippen molar-refractivity contribution >= 4 is 22.8 Å². The standard InChI is InChI=1S/C19H24N4O4/c1-2-22(11-18(25)26)14-9-13(10-14)21-17(24)7-8-23-12-20-16-6-4-3-5-15(16)19(23)27/h3-6,12-14H,2,7-11H2,1H3,(H,21,24)(H,25,26). The van der Waals surface area contributed by atoms with E-state index in [0.717, 1.165) is 12.8 Å². The number of amides is 1. The van der Waals surface area contributed by atoms with Gasteiger partial charge < -0.3 is 10.4 Å². The molecule has 1 aliphatic carbocycles. The summed E-state index contributed by atoms with van der Waals surface area (Å²) >= 11 is 0. The molecule has 1 saturated carbocycles. The molecular weight excluding hydrogens is 348 g/mol. The highest BCUT2D eigenvalue weighted by molar-refractivity contribution is 5.77. The van der Waals surface area contributed by atoms with Crippen molar-refractivity contribution in [2.24, 2.45) is 0 Å². The summed E-state index contributed by atoms with van der Waals surface area (Å²) in [6.45, 7) is 2.91. The van der Waals surface area contributed by atoms with Gasteiger partial charge in [0.15, 0.2) is 0 Å². The lowest BCUT2D eigenvalue weighted by Gasteiger charge is -2.42. The summed E-state index contributed by atoms with van der Waals surface area (Å²) in [6, 6.07) is 7.39. The lowest BCUT2D eigenvalue weighted by Crippen LogP contribution is -2.54. The van der Waals surface area contributed by atoms with E-state index in [2.05, 4.69) is 10.3 Å². The summed E-state index contributed by atoms with van der Waals surface area (Å²) in [7, 11) is 0. The van der Waals surface area contributed by atoms with E-state index < -0.39 is 5.97 Å². The second-order valence-electron chi connectivity index (χ2n) is 6.86. The molecule has 0 unspecified atom stereocenters. The van der Waals surface area contributed by atoms with Crippen LogP contribution in [0.5, 0.6) is 0 Å². The fourth-order valence-corrected chi connectivity index (χ4v) is 3.46. The van der Waals surface area contributed by atoms with Gasteiger partial charge in [-0.1, -0.05) is 19.1 Å². The number of carbonyl (C=O) groups is 2. The SMILES string of the molecule is CCN(CC(=O)O)C1CC(NC(=O)CCn2cnc3ccccc3c2=O)C1. The number of benzene rings is 1. The molecule has 1 amide bonds. The van der Waals surface area contributed by atoms with E-state index in [1.807, 2.05) is 17.9 Å². The van der Waals surface area contributed by atoms with E-state index in [4.69, 9.17) is 5.11 Å². The lowest BCUT2D eigenvalue weighted by atomic mass is 9.85. The number of nitrogens with zero attached hydrogens (tertiary/aromatic N) is 3. The summed E-state index contributed by atoms with van der Waals surface area (Å²) in [5.74, 6) is -0.946. The Kier molecular flexibility index (Phi) is 5.85. The van der Waals surface area contributed by atoms with E-state index in [1.54, 1.807) is 18.2 Å². The van der Waals surface area contributed by atoms with Crippen LogP contribution in [0.15, 0.2) is 35.4 Å². The van der Waals surface area contributed by atoms with Crippen molar-refractivity contribution in [3.63, 3.8) is 0 Å². The van der Waals surface area contributed by atoms with Crippen molar-refractivity contribution in [3.05, 3.63) is 40.9 Å². The van der Waals surface area contributed by atoms with Crippen molar-refractivity contribution < 1.29 is 14.7 Å². The van der Waals surface area contributed by atoms with Crippen LogP contribution in [0.4, 0.5) is 0 Å². The quantitative estimate of drug-likeness (QED) is 0.712. The molecule has 8 nitrogen and oxygen atoms in total. The molecule has 1 aromatic heterocycles. The second kappa shape index (κ2) is 8.30. The van der Waals surface area contributed by atoms with Crippen molar-refractivity contribution in [1.82, 2.24) is 19.8 Å². The van der Waals surface area contributed by atoms with E-state index >= 15 is 0 Å². The Balaban J connectivity index is 1.48. The Bertz CT molecular complexity index is 889. The van der Waals surface area contributed by atoms with E-state index in [9.17, 15) is 14.4 Å². The molecule has 0 aliphatic heterocycles. The lowest BCUT2D eigenvalue weighted by molar-refractivity contribution is -0.139. The zero-order valence-corrected chi connectivity index (χ0v) is 15.3. The largest absolute Gasteiger partial charge is 0.480 e. The van der Waals surface area contributed by atoms with Crippen molar-refractivity contribution in [3.8, 4) is 0 Å².